The molecule has 2 aromatic heterocycles. The normalized spacial score (nSPS) is 28.3. The highest BCUT2D eigenvalue weighted by Crippen LogP contribution is 2.47. The van der Waals surface area contributed by atoms with Crippen molar-refractivity contribution in [2.75, 3.05) is 35.2 Å². The molecule has 3 aliphatic rings. The summed E-state index contributed by atoms with van der Waals surface area (Å²) >= 11 is 0. The summed E-state index contributed by atoms with van der Waals surface area (Å²) in [7, 11) is -3.40. The van der Waals surface area contributed by atoms with E-state index in [2.05, 4.69) is 38.7 Å². The fourth-order valence-corrected chi connectivity index (χ4v) is 7.01. The number of rotatable bonds is 3. The summed E-state index contributed by atoms with van der Waals surface area (Å²) in [5.41, 5.74) is 0.938. The van der Waals surface area contributed by atoms with Gasteiger partial charge in [0.25, 0.3) is 0 Å². The first kappa shape index (κ1) is 24.4. The van der Waals surface area contributed by atoms with Crippen molar-refractivity contribution in [1.29, 1.82) is 5.26 Å². The lowest BCUT2D eigenvalue weighted by Crippen LogP contribution is -2.66. The number of fused-ring (bicyclic) bond motifs is 1. The molecule has 1 unspecified atom stereocenters. The average molecular weight is 511 g/mol. The van der Waals surface area contributed by atoms with Gasteiger partial charge < -0.3 is 14.7 Å². The van der Waals surface area contributed by atoms with Gasteiger partial charge in [0.2, 0.25) is 5.91 Å². The molecule has 1 amide bonds. The van der Waals surface area contributed by atoms with Gasteiger partial charge in [-0.15, -0.1) is 0 Å². The maximum Gasteiger partial charge on any atom is 0.244 e. The van der Waals surface area contributed by atoms with Gasteiger partial charge in [0, 0.05) is 42.7 Å². The van der Waals surface area contributed by atoms with Gasteiger partial charge in [0.1, 0.15) is 28.8 Å². The summed E-state index contributed by atoms with van der Waals surface area (Å²) < 4.78 is 23.4. The standard InChI is InChI=1S/C24H30N8O3S/c1-15-12-31(22(33)24(5)6-7-36(24,34)35)16(2)11-30(15)20-19-21(29-14-28-20)32(13-23(19,3)4)18-10-26-17(8-25)9-27-18/h9-10,14-16H,6-7,11-13H2,1-5H3/t15-,16+,24?/m0/s1. The van der Waals surface area contributed by atoms with Crippen LogP contribution >= 0.6 is 0 Å². The first-order chi connectivity index (χ1) is 16.9. The predicted octanol–water partition coefficient (Wildman–Crippen LogP) is 1.57. The highest BCUT2D eigenvalue weighted by Gasteiger charge is 2.57. The van der Waals surface area contributed by atoms with E-state index in [1.165, 1.54) is 12.5 Å². The van der Waals surface area contributed by atoms with E-state index in [4.69, 9.17) is 5.26 Å². The van der Waals surface area contributed by atoms with E-state index in [0.29, 0.717) is 31.9 Å². The number of nitrogens with zero attached hydrogens (tertiary/aromatic N) is 8. The van der Waals surface area contributed by atoms with Crippen molar-refractivity contribution in [2.24, 2.45) is 0 Å². The van der Waals surface area contributed by atoms with Crippen molar-refractivity contribution in [3.05, 3.63) is 30.0 Å². The summed E-state index contributed by atoms with van der Waals surface area (Å²) in [4.78, 5) is 37.1. The van der Waals surface area contributed by atoms with Crippen molar-refractivity contribution >= 4 is 33.2 Å². The molecule has 0 radical (unpaired) electrons. The highest BCUT2D eigenvalue weighted by molar-refractivity contribution is 7.95. The molecule has 36 heavy (non-hydrogen) atoms. The van der Waals surface area contributed by atoms with Gasteiger partial charge >= 0.3 is 0 Å². The van der Waals surface area contributed by atoms with Crippen LogP contribution in [0.1, 0.15) is 52.3 Å². The van der Waals surface area contributed by atoms with E-state index in [1.807, 2.05) is 24.8 Å². The predicted molar refractivity (Wildman–Crippen MR) is 134 cm³/mol. The molecule has 3 atom stereocenters. The van der Waals surface area contributed by atoms with Crippen LogP contribution in [-0.4, -0.2) is 81.4 Å². The molecule has 3 aliphatic heterocycles. The summed E-state index contributed by atoms with van der Waals surface area (Å²) in [5.74, 6) is 1.93. The molecule has 11 nitrogen and oxygen atoms in total. The Kier molecular flexibility index (Phi) is 5.48. The molecular formula is C24H30N8O3S. The number of sulfone groups is 1. The first-order valence-corrected chi connectivity index (χ1v) is 13.7. The van der Waals surface area contributed by atoms with E-state index in [9.17, 15) is 13.2 Å². The monoisotopic (exact) mass is 510 g/mol. The van der Waals surface area contributed by atoms with Gasteiger partial charge in [-0.25, -0.2) is 28.4 Å². The van der Waals surface area contributed by atoms with Crippen molar-refractivity contribution in [2.45, 2.75) is 63.3 Å². The summed E-state index contributed by atoms with van der Waals surface area (Å²) in [6, 6.07) is 1.73. The van der Waals surface area contributed by atoms with Crippen molar-refractivity contribution in [3.63, 3.8) is 0 Å². The van der Waals surface area contributed by atoms with Crippen molar-refractivity contribution in [1.82, 2.24) is 24.8 Å². The number of hydrogen-bond donors (Lipinski definition) is 0. The molecule has 0 bridgehead atoms. The van der Waals surface area contributed by atoms with Gasteiger partial charge in [-0.2, -0.15) is 5.26 Å². The van der Waals surface area contributed by atoms with Crippen LogP contribution < -0.4 is 9.80 Å². The number of carbonyl (C=O) groups excluding carboxylic acids is 1. The maximum absolute atomic E-state index is 13.3. The van der Waals surface area contributed by atoms with E-state index in [1.54, 1.807) is 18.0 Å². The fraction of sp³-hybridized carbons (Fsp3) is 0.583. The minimum Gasteiger partial charge on any atom is -0.350 e. The SMILES string of the molecule is C[C@@H]1CN(c2ncnc3c2C(C)(C)CN3c2cnc(C#N)cn2)[C@@H](C)CN1C(=O)C1(C)CCS1(=O)=O. The van der Waals surface area contributed by atoms with Crippen molar-refractivity contribution in [3.8, 4) is 6.07 Å². The van der Waals surface area contributed by atoms with Crippen LogP contribution in [-0.2, 0) is 20.0 Å². The number of aromatic nitrogens is 4. The Labute approximate surface area is 211 Å². The Morgan fingerprint density at radius 3 is 2.36 bits per heavy atom. The Morgan fingerprint density at radius 2 is 1.78 bits per heavy atom. The second kappa shape index (κ2) is 8.09. The summed E-state index contributed by atoms with van der Waals surface area (Å²) in [6.07, 6.45) is 4.94. The van der Waals surface area contributed by atoms with Gasteiger partial charge in [-0.05, 0) is 27.2 Å². The molecule has 190 valence electrons. The summed E-state index contributed by atoms with van der Waals surface area (Å²) in [6.45, 7) is 11.4. The van der Waals surface area contributed by atoms with Crippen LogP contribution in [0, 0.1) is 11.3 Å². The number of anilines is 3. The fourth-order valence-electron chi connectivity index (χ4n) is 5.48. The van der Waals surface area contributed by atoms with Crippen molar-refractivity contribution < 1.29 is 13.2 Å². The van der Waals surface area contributed by atoms with E-state index in [-0.39, 0.29) is 34.9 Å². The third-order valence-electron chi connectivity index (χ3n) is 7.83. The third kappa shape index (κ3) is 3.51. The Morgan fingerprint density at radius 1 is 1.06 bits per heavy atom. The minimum absolute atomic E-state index is 0.0708. The second-order valence-corrected chi connectivity index (χ2v) is 13.4. The van der Waals surface area contributed by atoms with Crippen LogP contribution in [0.15, 0.2) is 18.7 Å². The third-order valence-corrected chi connectivity index (χ3v) is 10.3. The number of nitriles is 1. The van der Waals surface area contributed by atoms with Crippen LogP contribution in [0.2, 0.25) is 0 Å². The lowest BCUT2D eigenvalue weighted by Gasteiger charge is -2.49. The molecular weight excluding hydrogens is 480 g/mol. The topological polar surface area (TPSA) is 136 Å². The Balaban J connectivity index is 1.46. The summed E-state index contributed by atoms with van der Waals surface area (Å²) in [5, 5.41) is 9.06. The van der Waals surface area contributed by atoms with Crippen LogP contribution in [0.3, 0.4) is 0 Å². The van der Waals surface area contributed by atoms with Gasteiger partial charge in [-0.1, -0.05) is 13.8 Å². The molecule has 0 N–H and O–H groups in total. The molecule has 2 saturated heterocycles. The van der Waals surface area contributed by atoms with Gasteiger partial charge in [0.05, 0.1) is 18.1 Å². The smallest absolute Gasteiger partial charge is 0.244 e. The molecule has 0 aromatic carbocycles. The number of amides is 1. The molecule has 0 aliphatic carbocycles. The van der Waals surface area contributed by atoms with E-state index >= 15 is 0 Å². The molecule has 5 heterocycles. The second-order valence-electron chi connectivity index (χ2n) is 10.8. The minimum atomic E-state index is -3.40. The van der Waals surface area contributed by atoms with Crippen LogP contribution in [0.25, 0.3) is 0 Å². The van der Waals surface area contributed by atoms with Gasteiger partial charge in [0.15, 0.2) is 21.3 Å². The zero-order valence-electron chi connectivity index (χ0n) is 21.1. The lowest BCUT2D eigenvalue weighted by atomic mass is 9.87. The quantitative estimate of drug-likeness (QED) is 0.598. The Bertz CT molecular complexity index is 1370. The first-order valence-electron chi connectivity index (χ1n) is 12.0. The van der Waals surface area contributed by atoms with Crippen LogP contribution in [0.5, 0.6) is 0 Å². The lowest BCUT2D eigenvalue weighted by molar-refractivity contribution is -0.137. The van der Waals surface area contributed by atoms with E-state index in [0.717, 1.165) is 17.2 Å². The molecule has 0 saturated carbocycles. The number of piperazine rings is 1. The van der Waals surface area contributed by atoms with Gasteiger partial charge in [-0.3, -0.25) is 4.79 Å². The van der Waals surface area contributed by atoms with Crippen LogP contribution in [0.4, 0.5) is 17.5 Å². The molecule has 0 spiro atoms. The molecule has 12 heteroatoms. The maximum atomic E-state index is 13.3. The number of carbonyl (C=O) groups is 1. The molecule has 2 aromatic rings. The Hall–Kier alpha value is -3.33. The molecule has 2 fully saturated rings. The average Bonchev–Trinajstić information content (AvgIpc) is 3.14. The highest BCUT2D eigenvalue weighted by atomic mass is 32.2. The zero-order chi connectivity index (χ0) is 26.0. The molecule has 5 rings (SSSR count). The largest absolute Gasteiger partial charge is 0.350 e. The van der Waals surface area contributed by atoms with E-state index < -0.39 is 14.6 Å². The zero-order valence-corrected chi connectivity index (χ0v) is 21.9. The number of hydrogen-bond acceptors (Lipinski definition) is 10.